The SMILES string of the molecule is Cc1cc(-c2ccc3c4c([nH]c3c2F)-c2ccc(C(=O)N3CCOCC3)cc2CC4)ccc1F. The number of aromatic amines is 1. The fourth-order valence-electron chi connectivity index (χ4n) is 5.20. The van der Waals surface area contributed by atoms with Crippen molar-refractivity contribution in [1.29, 1.82) is 0 Å². The highest BCUT2D eigenvalue weighted by Gasteiger charge is 2.25. The minimum absolute atomic E-state index is 0.0267. The lowest BCUT2D eigenvalue weighted by atomic mass is 9.87. The first kappa shape index (κ1) is 21.1. The van der Waals surface area contributed by atoms with E-state index < -0.39 is 0 Å². The average molecular weight is 459 g/mol. The first-order chi connectivity index (χ1) is 16.5. The smallest absolute Gasteiger partial charge is 0.254 e. The third-order valence-corrected chi connectivity index (χ3v) is 7.05. The molecule has 2 aliphatic rings. The van der Waals surface area contributed by atoms with Crippen molar-refractivity contribution < 1.29 is 18.3 Å². The van der Waals surface area contributed by atoms with E-state index in [9.17, 15) is 9.18 Å². The van der Waals surface area contributed by atoms with Gasteiger partial charge in [0.1, 0.15) is 5.82 Å². The molecule has 0 radical (unpaired) electrons. The van der Waals surface area contributed by atoms with Crippen LogP contribution < -0.4 is 0 Å². The number of nitrogens with zero attached hydrogens (tertiary/aromatic N) is 1. The second kappa shape index (κ2) is 8.06. The number of rotatable bonds is 2. The molecular weight excluding hydrogens is 434 g/mol. The Morgan fingerprint density at radius 1 is 0.971 bits per heavy atom. The van der Waals surface area contributed by atoms with Gasteiger partial charge < -0.3 is 14.6 Å². The summed E-state index contributed by atoms with van der Waals surface area (Å²) in [6.07, 6.45) is 1.56. The van der Waals surface area contributed by atoms with Crippen LogP contribution in [0.15, 0.2) is 48.5 Å². The molecule has 1 aromatic heterocycles. The zero-order valence-electron chi connectivity index (χ0n) is 18.9. The van der Waals surface area contributed by atoms with Gasteiger partial charge in [-0.2, -0.15) is 0 Å². The van der Waals surface area contributed by atoms with Crippen LogP contribution in [-0.4, -0.2) is 42.1 Å². The fourth-order valence-corrected chi connectivity index (χ4v) is 5.20. The number of ether oxygens (including phenoxy) is 1. The van der Waals surface area contributed by atoms with Gasteiger partial charge in [0.25, 0.3) is 5.91 Å². The molecule has 0 bridgehead atoms. The molecule has 6 heteroatoms. The molecule has 3 aromatic carbocycles. The average Bonchev–Trinajstić information content (AvgIpc) is 3.26. The third-order valence-electron chi connectivity index (χ3n) is 7.05. The fraction of sp³-hybridized carbons (Fsp3) is 0.250. The number of aromatic nitrogens is 1. The maximum Gasteiger partial charge on any atom is 0.254 e. The third kappa shape index (κ3) is 3.32. The van der Waals surface area contributed by atoms with Crippen LogP contribution in [0.3, 0.4) is 0 Å². The number of hydrogen-bond donors (Lipinski definition) is 1. The minimum atomic E-state index is -0.335. The van der Waals surface area contributed by atoms with Gasteiger partial charge in [-0.25, -0.2) is 8.78 Å². The highest BCUT2D eigenvalue weighted by atomic mass is 19.1. The van der Waals surface area contributed by atoms with Gasteiger partial charge in [0.2, 0.25) is 0 Å². The molecule has 1 fully saturated rings. The first-order valence-electron chi connectivity index (χ1n) is 11.6. The Labute approximate surface area is 196 Å². The first-order valence-corrected chi connectivity index (χ1v) is 11.6. The largest absolute Gasteiger partial charge is 0.378 e. The Kier molecular flexibility index (Phi) is 4.99. The highest BCUT2D eigenvalue weighted by molar-refractivity contribution is 5.98. The summed E-state index contributed by atoms with van der Waals surface area (Å²) in [5, 5.41) is 0.870. The van der Waals surface area contributed by atoms with E-state index in [-0.39, 0.29) is 17.5 Å². The minimum Gasteiger partial charge on any atom is -0.378 e. The lowest BCUT2D eigenvalue weighted by Crippen LogP contribution is -2.40. The molecule has 0 saturated carbocycles. The van der Waals surface area contributed by atoms with Crippen molar-refractivity contribution in [2.75, 3.05) is 26.3 Å². The van der Waals surface area contributed by atoms with Gasteiger partial charge in [0.05, 0.1) is 24.4 Å². The molecule has 0 unspecified atom stereocenters. The topological polar surface area (TPSA) is 45.3 Å². The Bertz CT molecular complexity index is 1450. The number of aryl methyl sites for hydroxylation is 3. The molecule has 1 aliphatic carbocycles. The number of amides is 1. The van der Waals surface area contributed by atoms with E-state index in [2.05, 4.69) is 4.98 Å². The molecule has 0 atom stereocenters. The van der Waals surface area contributed by atoms with Gasteiger partial charge in [-0.15, -0.1) is 0 Å². The quantitative estimate of drug-likeness (QED) is 0.421. The Balaban J connectivity index is 1.40. The summed E-state index contributed by atoms with van der Waals surface area (Å²) in [6, 6.07) is 14.2. The van der Waals surface area contributed by atoms with E-state index in [0.717, 1.165) is 40.6 Å². The summed E-state index contributed by atoms with van der Waals surface area (Å²) in [5.74, 6) is -0.610. The van der Waals surface area contributed by atoms with Crippen LogP contribution in [0.5, 0.6) is 0 Å². The molecule has 34 heavy (non-hydrogen) atoms. The predicted molar refractivity (Wildman–Crippen MR) is 128 cm³/mol. The Morgan fingerprint density at radius 3 is 2.56 bits per heavy atom. The maximum atomic E-state index is 15.6. The van der Waals surface area contributed by atoms with E-state index in [0.29, 0.717) is 54.1 Å². The molecular formula is C28H24F2N2O2. The zero-order chi connectivity index (χ0) is 23.4. The van der Waals surface area contributed by atoms with E-state index in [1.54, 1.807) is 25.1 Å². The number of nitrogens with one attached hydrogen (secondary N) is 1. The summed E-state index contributed by atoms with van der Waals surface area (Å²) >= 11 is 0. The van der Waals surface area contributed by atoms with E-state index in [1.807, 2.05) is 29.2 Å². The number of H-pyrrole nitrogens is 1. The molecule has 1 saturated heterocycles. The number of carbonyl (C=O) groups is 1. The predicted octanol–water partition coefficient (Wildman–Crippen LogP) is 5.66. The number of benzene rings is 3. The van der Waals surface area contributed by atoms with E-state index >= 15 is 4.39 Å². The van der Waals surface area contributed by atoms with Crippen LogP contribution in [0.25, 0.3) is 33.3 Å². The van der Waals surface area contributed by atoms with Gasteiger partial charge in [0, 0.05) is 35.2 Å². The second-order valence-electron chi connectivity index (χ2n) is 9.07. The van der Waals surface area contributed by atoms with Crippen molar-refractivity contribution >= 4 is 16.8 Å². The number of hydrogen-bond acceptors (Lipinski definition) is 2. The summed E-state index contributed by atoms with van der Waals surface area (Å²) in [4.78, 5) is 18.1. The number of morpholine rings is 1. The summed E-state index contributed by atoms with van der Waals surface area (Å²) in [5.41, 5.74) is 6.83. The second-order valence-corrected chi connectivity index (χ2v) is 9.07. The van der Waals surface area contributed by atoms with Crippen LogP contribution in [0, 0.1) is 18.6 Å². The number of fused-ring (bicyclic) bond motifs is 5. The Morgan fingerprint density at radius 2 is 1.76 bits per heavy atom. The molecule has 2 heterocycles. The standard InChI is InChI=1S/C28H24F2N2O2/c1-16-14-17(4-9-24(16)29)20-7-8-23-22-6-2-18-15-19(28(33)32-10-12-34-13-11-32)3-5-21(18)26(22)31-27(23)25(20)30/h3-5,7-9,14-15,31H,2,6,10-13H2,1H3. The van der Waals surface area contributed by atoms with Crippen molar-refractivity contribution in [2.24, 2.45) is 0 Å². The van der Waals surface area contributed by atoms with E-state index in [4.69, 9.17) is 4.74 Å². The molecule has 1 amide bonds. The molecule has 1 N–H and O–H groups in total. The van der Waals surface area contributed by atoms with Gasteiger partial charge in [0.15, 0.2) is 5.82 Å². The van der Waals surface area contributed by atoms with Crippen LogP contribution in [0.2, 0.25) is 0 Å². The van der Waals surface area contributed by atoms with Gasteiger partial charge in [-0.1, -0.05) is 24.3 Å². The van der Waals surface area contributed by atoms with Crippen LogP contribution in [-0.2, 0) is 17.6 Å². The normalized spacial score (nSPS) is 15.3. The van der Waals surface area contributed by atoms with Crippen LogP contribution in [0.4, 0.5) is 8.78 Å². The van der Waals surface area contributed by atoms with Gasteiger partial charge >= 0.3 is 0 Å². The zero-order valence-corrected chi connectivity index (χ0v) is 18.9. The molecule has 4 nitrogen and oxygen atoms in total. The van der Waals surface area contributed by atoms with Gasteiger partial charge in [-0.05, 0) is 66.3 Å². The Hall–Kier alpha value is -3.51. The molecule has 6 rings (SSSR count). The van der Waals surface area contributed by atoms with Crippen LogP contribution >= 0.6 is 0 Å². The monoisotopic (exact) mass is 458 g/mol. The van der Waals surface area contributed by atoms with E-state index in [1.165, 1.54) is 6.07 Å². The molecule has 172 valence electrons. The van der Waals surface area contributed by atoms with Crippen molar-refractivity contribution in [2.45, 2.75) is 19.8 Å². The number of halogens is 2. The molecule has 1 aliphatic heterocycles. The van der Waals surface area contributed by atoms with Crippen molar-refractivity contribution in [3.63, 3.8) is 0 Å². The summed E-state index contributed by atoms with van der Waals surface area (Å²) in [6.45, 7) is 4.03. The maximum absolute atomic E-state index is 15.6. The summed E-state index contributed by atoms with van der Waals surface area (Å²) < 4.78 is 34.7. The lowest BCUT2D eigenvalue weighted by molar-refractivity contribution is 0.0303. The lowest BCUT2D eigenvalue weighted by Gasteiger charge is -2.27. The summed E-state index contributed by atoms with van der Waals surface area (Å²) in [7, 11) is 0. The molecule has 0 spiro atoms. The van der Waals surface area contributed by atoms with Crippen LogP contribution in [0.1, 0.15) is 27.0 Å². The molecule has 4 aromatic rings. The highest BCUT2D eigenvalue weighted by Crippen LogP contribution is 2.40. The van der Waals surface area contributed by atoms with Crippen molar-refractivity contribution in [3.8, 4) is 22.4 Å². The van der Waals surface area contributed by atoms with Gasteiger partial charge in [-0.3, -0.25) is 4.79 Å². The van der Waals surface area contributed by atoms with Crippen molar-refractivity contribution in [1.82, 2.24) is 9.88 Å². The number of carbonyl (C=O) groups excluding carboxylic acids is 1. The van der Waals surface area contributed by atoms with Crippen molar-refractivity contribution in [3.05, 3.63) is 82.4 Å².